The topological polar surface area (TPSA) is 94.5 Å². The summed E-state index contributed by atoms with van der Waals surface area (Å²) in [4.78, 5) is 17.0. The first-order valence-corrected chi connectivity index (χ1v) is 5.31. The molecule has 0 aliphatic heterocycles. The first kappa shape index (κ1) is 13.1. The molecule has 0 aromatic carbocycles. The minimum Gasteiger partial charge on any atom is -0.479 e. The van der Waals surface area contributed by atoms with E-state index in [1.54, 1.807) is 17.0 Å². The van der Waals surface area contributed by atoms with Crippen LogP contribution in [0.5, 0.6) is 5.88 Å². The van der Waals surface area contributed by atoms with Crippen LogP contribution in [0.25, 0.3) is 0 Å². The molecule has 0 saturated carbocycles. The smallest absolute Gasteiger partial charge is 0.238 e. The van der Waals surface area contributed by atoms with Crippen molar-refractivity contribution in [2.75, 3.05) is 24.3 Å². The molecular formula is C11H18N4O2. The number of nitrogens with zero attached hydrogens (tertiary/aromatic N) is 2. The van der Waals surface area contributed by atoms with Crippen molar-refractivity contribution in [3.05, 3.63) is 12.1 Å². The number of nitrogen functional groups attached to an aromatic ring is 1. The first-order chi connectivity index (χ1) is 7.95. The van der Waals surface area contributed by atoms with Gasteiger partial charge >= 0.3 is 0 Å². The second-order valence-electron chi connectivity index (χ2n) is 3.96. The average Bonchev–Trinajstić information content (AvgIpc) is 2.26. The number of carbonyl (C=O) groups excluding carboxylic acids is 1. The zero-order valence-electron chi connectivity index (χ0n) is 10.3. The summed E-state index contributed by atoms with van der Waals surface area (Å²) in [5.74, 6) is 0.554. The fourth-order valence-electron chi connectivity index (χ4n) is 1.46. The van der Waals surface area contributed by atoms with E-state index in [2.05, 4.69) is 4.98 Å². The van der Waals surface area contributed by atoms with E-state index in [-0.39, 0.29) is 12.6 Å². The number of primary amides is 1. The second kappa shape index (κ2) is 5.38. The molecule has 17 heavy (non-hydrogen) atoms. The van der Waals surface area contributed by atoms with E-state index in [4.69, 9.17) is 16.2 Å². The van der Waals surface area contributed by atoms with Crippen molar-refractivity contribution in [2.24, 2.45) is 5.73 Å². The highest BCUT2D eigenvalue weighted by molar-refractivity contribution is 5.79. The average molecular weight is 238 g/mol. The third kappa shape index (κ3) is 3.24. The lowest BCUT2D eigenvalue weighted by atomic mass is 10.3. The normalized spacial score (nSPS) is 10.4. The summed E-state index contributed by atoms with van der Waals surface area (Å²) in [5, 5.41) is 0. The predicted octanol–water partition coefficient (Wildman–Crippen LogP) is 0.373. The Kier molecular flexibility index (Phi) is 4.14. The van der Waals surface area contributed by atoms with E-state index in [1.807, 2.05) is 13.8 Å². The third-order valence-electron chi connectivity index (χ3n) is 2.31. The van der Waals surface area contributed by atoms with Crippen LogP contribution in [0.3, 0.4) is 0 Å². The molecule has 1 aromatic rings. The van der Waals surface area contributed by atoms with Crippen molar-refractivity contribution in [3.63, 3.8) is 0 Å². The van der Waals surface area contributed by atoms with Crippen LogP contribution in [0, 0.1) is 0 Å². The first-order valence-electron chi connectivity index (χ1n) is 5.31. The lowest BCUT2D eigenvalue weighted by molar-refractivity contribution is -0.116. The van der Waals surface area contributed by atoms with Gasteiger partial charge in [-0.15, -0.1) is 0 Å². The Morgan fingerprint density at radius 2 is 2.18 bits per heavy atom. The predicted molar refractivity (Wildman–Crippen MR) is 66.9 cm³/mol. The number of methoxy groups -OCH3 is 1. The molecule has 0 spiro atoms. The Hall–Kier alpha value is -1.98. The molecule has 6 heteroatoms. The van der Waals surface area contributed by atoms with Gasteiger partial charge in [-0.05, 0) is 26.0 Å². The highest BCUT2D eigenvalue weighted by atomic mass is 16.5. The van der Waals surface area contributed by atoms with Crippen LogP contribution < -0.4 is 21.1 Å². The number of amides is 1. The summed E-state index contributed by atoms with van der Waals surface area (Å²) in [6, 6.07) is 3.53. The number of anilines is 2. The van der Waals surface area contributed by atoms with Gasteiger partial charge in [-0.2, -0.15) is 4.98 Å². The Balaban J connectivity index is 3.05. The van der Waals surface area contributed by atoms with Gasteiger partial charge < -0.3 is 21.1 Å². The van der Waals surface area contributed by atoms with E-state index < -0.39 is 5.91 Å². The maximum atomic E-state index is 11.0. The second-order valence-corrected chi connectivity index (χ2v) is 3.96. The van der Waals surface area contributed by atoms with Crippen LogP contribution in [0.15, 0.2) is 12.1 Å². The highest BCUT2D eigenvalue weighted by Crippen LogP contribution is 2.23. The fraction of sp³-hybridized carbons (Fsp3) is 0.455. The Morgan fingerprint density at radius 3 is 2.65 bits per heavy atom. The molecule has 0 atom stereocenters. The quantitative estimate of drug-likeness (QED) is 0.773. The maximum absolute atomic E-state index is 11.0. The SMILES string of the molecule is COc1nc(N(CC(N)=O)C(C)C)ccc1N. The molecule has 0 bridgehead atoms. The van der Waals surface area contributed by atoms with E-state index in [0.717, 1.165) is 0 Å². The van der Waals surface area contributed by atoms with Crippen LogP contribution in [-0.4, -0.2) is 30.6 Å². The number of rotatable bonds is 5. The molecule has 94 valence electrons. The van der Waals surface area contributed by atoms with E-state index in [1.165, 1.54) is 7.11 Å². The number of pyridine rings is 1. The highest BCUT2D eigenvalue weighted by Gasteiger charge is 2.15. The molecule has 0 saturated heterocycles. The zero-order chi connectivity index (χ0) is 13.0. The summed E-state index contributed by atoms with van der Waals surface area (Å²) in [7, 11) is 1.50. The van der Waals surface area contributed by atoms with Gasteiger partial charge in [0.15, 0.2) is 0 Å². The molecule has 1 rings (SSSR count). The largest absolute Gasteiger partial charge is 0.479 e. The van der Waals surface area contributed by atoms with Gasteiger partial charge in [0.1, 0.15) is 5.82 Å². The number of hydrogen-bond donors (Lipinski definition) is 2. The van der Waals surface area contributed by atoms with Crippen LogP contribution in [-0.2, 0) is 4.79 Å². The molecule has 1 amide bonds. The third-order valence-corrected chi connectivity index (χ3v) is 2.31. The lowest BCUT2D eigenvalue weighted by Crippen LogP contribution is -2.39. The molecule has 0 radical (unpaired) electrons. The molecular weight excluding hydrogens is 220 g/mol. The Morgan fingerprint density at radius 1 is 1.53 bits per heavy atom. The number of carbonyl (C=O) groups is 1. The standard InChI is InChI=1S/C11H18N4O2/c1-7(2)15(6-9(13)16)10-5-4-8(12)11(14-10)17-3/h4-5,7H,6,12H2,1-3H3,(H2,13,16). The lowest BCUT2D eigenvalue weighted by Gasteiger charge is -2.26. The minimum absolute atomic E-state index is 0.100. The van der Waals surface area contributed by atoms with Crippen LogP contribution >= 0.6 is 0 Å². The minimum atomic E-state index is -0.406. The van der Waals surface area contributed by atoms with Crippen molar-refractivity contribution in [3.8, 4) is 5.88 Å². The molecule has 0 aliphatic carbocycles. The molecule has 1 heterocycles. The van der Waals surface area contributed by atoms with Crippen molar-refractivity contribution in [2.45, 2.75) is 19.9 Å². The van der Waals surface area contributed by atoms with Gasteiger partial charge in [0.25, 0.3) is 0 Å². The van der Waals surface area contributed by atoms with Crippen molar-refractivity contribution in [1.82, 2.24) is 4.98 Å². The number of hydrogen-bond acceptors (Lipinski definition) is 5. The van der Waals surface area contributed by atoms with E-state index in [0.29, 0.717) is 17.4 Å². The van der Waals surface area contributed by atoms with Crippen molar-refractivity contribution >= 4 is 17.4 Å². The van der Waals surface area contributed by atoms with Gasteiger partial charge in [-0.25, -0.2) is 0 Å². The maximum Gasteiger partial charge on any atom is 0.238 e. The van der Waals surface area contributed by atoms with Gasteiger partial charge in [0.2, 0.25) is 11.8 Å². The Labute approximate surface area is 101 Å². The zero-order valence-corrected chi connectivity index (χ0v) is 10.3. The van der Waals surface area contributed by atoms with Gasteiger partial charge in [0.05, 0.1) is 19.3 Å². The molecule has 1 aromatic heterocycles. The summed E-state index contributed by atoms with van der Waals surface area (Å²) < 4.78 is 5.04. The Bertz CT molecular complexity index is 406. The van der Waals surface area contributed by atoms with Gasteiger partial charge in [0, 0.05) is 6.04 Å². The fourth-order valence-corrected chi connectivity index (χ4v) is 1.46. The number of aromatic nitrogens is 1. The van der Waals surface area contributed by atoms with Crippen LogP contribution in [0.4, 0.5) is 11.5 Å². The number of nitrogens with two attached hydrogens (primary N) is 2. The monoisotopic (exact) mass is 238 g/mol. The van der Waals surface area contributed by atoms with Crippen molar-refractivity contribution < 1.29 is 9.53 Å². The van der Waals surface area contributed by atoms with Gasteiger partial charge in [-0.3, -0.25) is 4.79 Å². The summed E-state index contributed by atoms with van der Waals surface area (Å²) in [5.41, 5.74) is 11.3. The molecule has 0 aliphatic rings. The number of ether oxygens (including phenoxy) is 1. The molecule has 4 N–H and O–H groups in total. The van der Waals surface area contributed by atoms with Crippen LogP contribution in [0.2, 0.25) is 0 Å². The van der Waals surface area contributed by atoms with Crippen LogP contribution in [0.1, 0.15) is 13.8 Å². The molecule has 0 unspecified atom stereocenters. The summed E-state index contributed by atoms with van der Waals surface area (Å²) in [6.07, 6.45) is 0. The van der Waals surface area contributed by atoms with E-state index >= 15 is 0 Å². The molecule has 6 nitrogen and oxygen atoms in total. The summed E-state index contributed by atoms with van der Waals surface area (Å²) >= 11 is 0. The van der Waals surface area contributed by atoms with Crippen molar-refractivity contribution in [1.29, 1.82) is 0 Å². The molecule has 0 fully saturated rings. The van der Waals surface area contributed by atoms with Gasteiger partial charge in [-0.1, -0.05) is 0 Å². The summed E-state index contributed by atoms with van der Waals surface area (Å²) in [6.45, 7) is 4.01. The van der Waals surface area contributed by atoms with E-state index in [9.17, 15) is 4.79 Å².